The molecular formula is C26H28N2O4. The van der Waals surface area contributed by atoms with Crippen LogP contribution in [-0.2, 0) is 10.2 Å². The van der Waals surface area contributed by atoms with Crippen LogP contribution in [0, 0.1) is 0 Å². The lowest BCUT2D eigenvalue weighted by Gasteiger charge is -2.29. The molecule has 6 heteroatoms. The zero-order chi connectivity index (χ0) is 22.7. The summed E-state index contributed by atoms with van der Waals surface area (Å²) in [6.45, 7) is 6.59. The van der Waals surface area contributed by atoms with Gasteiger partial charge in [0.25, 0.3) is 5.91 Å². The molecule has 0 unspecified atom stereocenters. The van der Waals surface area contributed by atoms with E-state index in [9.17, 15) is 4.79 Å². The van der Waals surface area contributed by atoms with Gasteiger partial charge in [-0.15, -0.1) is 0 Å². The standard InChI is InChI=1S/C26H28N2O4/c1-26(2,3)19-7-10-21-22(15-19)31-16-23(32-21)25(29)28-24(18-11-13-27-14-12-18)17-5-8-20(30-4)9-6-17/h5-15,23-24H,16H2,1-4H3,(H,28,29)/t23-,24-/m1/s1. The van der Waals surface area contributed by atoms with Crippen LogP contribution in [-0.4, -0.2) is 30.7 Å². The van der Waals surface area contributed by atoms with Crippen LogP contribution in [0.5, 0.6) is 17.2 Å². The fraction of sp³-hybridized carbons (Fsp3) is 0.308. The molecule has 2 atom stereocenters. The van der Waals surface area contributed by atoms with Crippen LogP contribution in [0.3, 0.4) is 0 Å². The van der Waals surface area contributed by atoms with Gasteiger partial charge in [-0.25, -0.2) is 0 Å². The molecule has 0 spiro atoms. The number of pyridine rings is 1. The van der Waals surface area contributed by atoms with E-state index in [2.05, 4.69) is 31.1 Å². The van der Waals surface area contributed by atoms with Gasteiger partial charge in [-0.3, -0.25) is 9.78 Å². The molecular weight excluding hydrogens is 404 g/mol. The zero-order valence-electron chi connectivity index (χ0n) is 18.8. The molecule has 32 heavy (non-hydrogen) atoms. The first-order valence-corrected chi connectivity index (χ1v) is 10.6. The minimum absolute atomic E-state index is 0.00272. The van der Waals surface area contributed by atoms with Crippen molar-refractivity contribution in [3.05, 3.63) is 83.7 Å². The first kappa shape index (κ1) is 21.7. The van der Waals surface area contributed by atoms with Crippen molar-refractivity contribution in [2.45, 2.75) is 38.3 Å². The number of nitrogens with zero attached hydrogens (tertiary/aromatic N) is 1. The quantitative estimate of drug-likeness (QED) is 0.646. The maximum atomic E-state index is 13.2. The highest BCUT2D eigenvalue weighted by Crippen LogP contribution is 2.36. The predicted molar refractivity (Wildman–Crippen MR) is 122 cm³/mol. The minimum atomic E-state index is -0.745. The van der Waals surface area contributed by atoms with Gasteiger partial charge in [-0.2, -0.15) is 0 Å². The molecule has 0 radical (unpaired) electrons. The second-order valence-electron chi connectivity index (χ2n) is 8.82. The molecule has 1 amide bonds. The summed E-state index contributed by atoms with van der Waals surface area (Å²) in [5, 5.41) is 3.11. The van der Waals surface area contributed by atoms with Crippen molar-refractivity contribution < 1.29 is 19.0 Å². The van der Waals surface area contributed by atoms with Gasteiger partial charge < -0.3 is 19.5 Å². The predicted octanol–water partition coefficient (Wildman–Crippen LogP) is 4.43. The van der Waals surface area contributed by atoms with Gasteiger partial charge in [0.2, 0.25) is 6.10 Å². The Morgan fingerprint density at radius 1 is 1.03 bits per heavy atom. The van der Waals surface area contributed by atoms with Crippen LogP contribution in [0.15, 0.2) is 67.0 Å². The molecule has 1 aliphatic heterocycles. The first-order valence-electron chi connectivity index (χ1n) is 10.6. The molecule has 0 aliphatic carbocycles. The molecule has 1 aromatic heterocycles. The van der Waals surface area contributed by atoms with Crippen LogP contribution in [0.4, 0.5) is 0 Å². The Hall–Kier alpha value is -3.54. The highest BCUT2D eigenvalue weighted by atomic mass is 16.6. The number of amides is 1. The van der Waals surface area contributed by atoms with Crippen molar-refractivity contribution >= 4 is 5.91 Å². The SMILES string of the molecule is COc1ccc([C@@H](NC(=O)[C@H]2COc3cc(C(C)(C)C)ccc3O2)c2ccncc2)cc1. The number of fused-ring (bicyclic) bond motifs is 1. The van der Waals surface area contributed by atoms with Crippen molar-refractivity contribution in [2.75, 3.05) is 13.7 Å². The fourth-order valence-electron chi connectivity index (χ4n) is 3.61. The van der Waals surface area contributed by atoms with E-state index in [0.29, 0.717) is 11.5 Å². The normalized spacial score (nSPS) is 16.2. The summed E-state index contributed by atoms with van der Waals surface area (Å²) in [7, 11) is 1.62. The van der Waals surface area contributed by atoms with Crippen molar-refractivity contribution in [1.82, 2.24) is 10.3 Å². The van der Waals surface area contributed by atoms with Crippen LogP contribution in [0.1, 0.15) is 43.5 Å². The molecule has 1 aliphatic rings. The fourth-order valence-corrected chi connectivity index (χ4v) is 3.61. The molecule has 0 saturated carbocycles. The number of benzene rings is 2. The van der Waals surface area contributed by atoms with Crippen LogP contribution in [0.2, 0.25) is 0 Å². The highest BCUT2D eigenvalue weighted by molar-refractivity contribution is 5.82. The van der Waals surface area contributed by atoms with Crippen molar-refractivity contribution in [3.63, 3.8) is 0 Å². The third-order valence-corrected chi connectivity index (χ3v) is 5.54. The highest BCUT2D eigenvalue weighted by Gasteiger charge is 2.30. The topological polar surface area (TPSA) is 69.7 Å². The second-order valence-corrected chi connectivity index (χ2v) is 8.82. The summed E-state index contributed by atoms with van der Waals surface area (Å²) >= 11 is 0. The van der Waals surface area contributed by atoms with E-state index < -0.39 is 6.10 Å². The lowest BCUT2D eigenvalue weighted by atomic mass is 9.87. The third-order valence-electron chi connectivity index (χ3n) is 5.54. The van der Waals surface area contributed by atoms with Gasteiger partial charge in [-0.05, 0) is 58.5 Å². The molecule has 2 aromatic carbocycles. The Morgan fingerprint density at radius 2 is 1.72 bits per heavy atom. The first-order chi connectivity index (χ1) is 15.3. The largest absolute Gasteiger partial charge is 0.497 e. The van der Waals surface area contributed by atoms with Crippen LogP contribution >= 0.6 is 0 Å². The maximum Gasteiger partial charge on any atom is 0.265 e. The summed E-state index contributed by atoms with van der Waals surface area (Å²) in [6.07, 6.45) is 2.67. The van der Waals surface area contributed by atoms with Gasteiger partial charge in [0, 0.05) is 12.4 Å². The summed E-state index contributed by atoms with van der Waals surface area (Å²) in [6, 6.07) is 16.9. The zero-order valence-corrected chi connectivity index (χ0v) is 18.8. The molecule has 166 valence electrons. The van der Waals surface area contributed by atoms with Crippen molar-refractivity contribution in [3.8, 4) is 17.2 Å². The minimum Gasteiger partial charge on any atom is -0.497 e. The van der Waals surface area contributed by atoms with E-state index in [1.54, 1.807) is 19.5 Å². The van der Waals surface area contributed by atoms with Gasteiger partial charge in [-0.1, -0.05) is 39.0 Å². The van der Waals surface area contributed by atoms with Gasteiger partial charge in [0.15, 0.2) is 11.5 Å². The van der Waals surface area contributed by atoms with Gasteiger partial charge in [0.05, 0.1) is 13.2 Å². The molecule has 0 bridgehead atoms. The third kappa shape index (κ3) is 4.69. The number of aromatic nitrogens is 1. The number of ether oxygens (including phenoxy) is 3. The number of carbonyl (C=O) groups is 1. The number of rotatable bonds is 5. The summed E-state index contributed by atoms with van der Waals surface area (Å²) in [5.41, 5.74) is 3.01. The van der Waals surface area contributed by atoms with E-state index in [0.717, 1.165) is 22.4 Å². The van der Waals surface area contributed by atoms with E-state index in [-0.39, 0.29) is 24.0 Å². The molecule has 1 N–H and O–H groups in total. The van der Waals surface area contributed by atoms with E-state index in [1.165, 1.54) is 0 Å². The Bertz CT molecular complexity index is 1080. The second kappa shape index (κ2) is 8.91. The van der Waals surface area contributed by atoms with Crippen LogP contribution in [0.25, 0.3) is 0 Å². The Balaban J connectivity index is 1.54. The van der Waals surface area contributed by atoms with Crippen LogP contribution < -0.4 is 19.5 Å². The Kier molecular flexibility index (Phi) is 6.04. The van der Waals surface area contributed by atoms with E-state index >= 15 is 0 Å². The average Bonchev–Trinajstić information content (AvgIpc) is 2.81. The monoisotopic (exact) mass is 432 g/mol. The van der Waals surface area contributed by atoms with Crippen molar-refractivity contribution in [1.29, 1.82) is 0 Å². The lowest BCUT2D eigenvalue weighted by Crippen LogP contribution is -2.45. The molecule has 3 aromatic rings. The lowest BCUT2D eigenvalue weighted by molar-refractivity contribution is -0.130. The summed E-state index contributed by atoms with van der Waals surface area (Å²) in [5.74, 6) is 1.76. The van der Waals surface area contributed by atoms with Gasteiger partial charge >= 0.3 is 0 Å². The number of nitrogens with one attached hydrogen (secondary N) is 1. The maximum absolute atomic E-state index is 13.2. The number of hydrogen-bond donors (Lipinski definition) is 1. The van der Waals surface area contributed by atoms with E-state index in [1.807, 2.05) is 54.6 Å². The molecule has 6 nitrogen and oxygen atoms in total. The molecule has 4 rings (SSSR count). The molecule has 0 saturated heterocycles. The number of carbonyl (C=O) groups excluding carboxylic acids is 1. The number of hydrogen-bond acceptors (Lipinski definition) is 5. The van der Waals surface area contributed by atoms with E-state index in [4.69, 9.17) is 14.2 Å². The van der Waals surface area contributed by atoms with Gasteiger partial charge in [0.1, 0.15) is 12.4 Å². The molecule has 2 heterocycles. The summed E-state index contributed by atoms with van der Waals surface area (Å²) in [4.78, 5) is 17.2. The smallest absolute Gasteiger partial charge is 0.265 e. The number of methoxy groups -OCH3 is 1. The van der Waals surface area contributed by atoms with Crippen molar-refractivity contribution in [2.24, 2.45) is 0 Å². The Labute approximate surface area is 188 Å². The summed E-state index contributed by atoms with van der Waals surface area (Å²) < 4.78 is 17.2. The average molecular weight is 433 g/mol. The Morgan fingerprint density at radius 3 is 2.38 bits per heavy atom. The molecule has 0 fully saturated rings.